The summed E-state index contributed by atoms with van der Waals surface area (Å²) in [5.41, 5.74) is 0.337. The second-order valence-electron chi connectivity index (χ2n) is 11.3. The second kappa shape index (κ2) is 14.6. The lowest BCUT2D eigenvalue weighted by Gasteiger charge is -2.36. The summed E-state index contributed by atoms with van der Waals surface area (Å²) in [6.45, 7) is 10.1. The van der Waals surface area contributed by atoms with Gasteiger partial charge in [-0.1, -0.05) is 44.2 Å². The van der Waals surface area contributed by atoms with Crippen LogP contribution < -0.4 is 0 Å². The molecule has 1 aromatic rings. The highest BCUT2D eigenvalue weighted by Gasteiger charge is 2.36. The third-order valence-electron chi connectivity index (χ3n) is 7.68. The van der Waals surface area contributed by atoms with Gasteiger partial charge in [0.2, 0.25) is 0 Å². The van der Waals surface area contributed by atoms with Crippen molar-refractivity contribution in [1.82, 2.24) is 14.8 Å². The minimum Gasteiger partial charge on any atom is -0.457 e. The first-order valence-corrected chi connectivity index (χ1v) is 14.1. The van der Waals surface area contributed by atoms with Crippen molar-refractivity contribution in [2.24, 2.45) is 5.92 Å². The molecule has 3 heterocycles. The molecule has 1 aromatic heterocycles. The normalized spacial score (nSPS) is 31.1. The van der Waals surface area contributed by atoms with E-state index in [0.717, 1.165) is 24.4 Å². The Kier molecular flexibility index (Phi) is 11.5. The Morgan fingerprint density at radius 1 is 1.25 bits per heavy atom. The predicted octanol–water partition coefficient (Wildman–Crippen LogP) is 3.84. The zero-order chi connectivity index (χ0) is 29.3. The SMILES string of the molecule is C/C(=C\C=C\[C@@H](C)c1ccccn1)[C@H]1OC(=O)C[C@H](O)CC[C@@](C)(O)[C@@H](OC(=O)N2CCN(C)CC2)/C=C/[C@@H]1C. The van der Waals surface area contributed by atoms with Gasteiger partial charge in [0.15, 0.2) is 6.10 Å². The van der Waals surface area contributed by atoms with E-state index in [9.17, 15) is 19.8 Å². The Bertz CT molecular complexity index is 1060. The molecule has 6 atom stereocenters. The van der Waals surface area contributed by atoms with E-state index in [2.05, 4.69) is 16.8 Å². The van der Waals surface area contributed by atoms with E-state index >= 15 is 0 Å². The quantitative estimate of drug-likeness (QED) is 0.320. The number of amides is 1. The molecule has 40 heavy (non-hydrogen) atoms. The third-order valence-corrected chi connectivity index (χ3v) is 7.68. The molecule has 0 spiro atoms. The van der Waals surface area contributed by atoms with Crippen LogP contribution in [0.4, 0.5) is 4.79 Å². The maximum atomic E-state index is 13.0. The van der Waals surface area contributed by atoms with Crippen LogP contribution in [0.1, 0.15) is 58.6 Å². The Morgan fingerprint density at radius 2 is 1.98 bits per heavy atom. The van der Waals surface area contributed by atoms with Crippen LogP contribution in [0.15, 0.2) is 60.3 Å². The first-order valence-electron chi connectivity index (χ1n) is 14.1. The van der Waals surface area contributed by atoms with E-state index in [1.807, 2.05) is 63.4 Å². The smallest absolute Gasteiger partial charge is 0.410 e. The third kappa shape index (κ3) is 9.28. The van der Waals surface area contributed by atoms with Crippen LogP contribution in [0.25, 0.3) is 0 Å². The Morgan fingerprint density at radius 3 is 2.65 bits per heavy atom. The fraction of sp³-hybridized carbons (Fsp3) is 0.581. The van der Waals surface area contributed by atoms with Crippen molar-refractivity contribution in [1.29, 1.82) is 0 Å². The monoisotopic (exact) mass is 555 g/mol. The number of rotatable bonds is 5. The van der Waals surface area contributed by atoms with E-state index in [1.165, 1.54) is 0 Å². The summed E-state index contributed by atoms with van der Waals surface area (Å²) in [5, 5.41) is 21.8. The maximum absolute atomic E-state index is 13.0. The zero-order valence-corrected chi connectivity index (χ0v) is 24.4. The molecular weight excluding hydrogens is 510 g/mol. The molecule has 0 radical (unpaired) electrons. The van der Waals surface area contributed by atoms with E-state index in [0.29, 0.717) is 13.1 Å². The topological polar surface area (TPSA) is 112 Å². The summed E-state index contributed by atoms with van der Waals surface area (Å²) < 4.78 is 11.7. The molecule has 1 amide bonds. The van der Waals surface area contributed by atoms with E-state index in [1.54, 1.807) is 24.1 Å². The van der Waals surface area contributed by atoms with Crippen molar-refractivity contribution in [3.8, 4) is 0 Å². The van der Waals surface area contributed by atoms with Crippen molar-refractivity contribution < 1.29 is 29.3 Å². The molecule has 2 N–H and O–H groups in total. The summed E-state index contributed by atoms with van der Waals surface area (Å²) in [5.74, 6) is -0.692. The lowest BCUT2D eigenvalue weighted by Crippen LogP contribution is -2.50. The molecule has 0 saturated carbocycles. The van der Waals surface area contributed by atoms with Crippen LogP contribution in [0.2, 0.25) is 0 Å². The van der Waals surface area contributed by atoms with Crippen molar-refractivity contribution >= 4 is 12.1 Å². The van der Waals surface area contributed by atoms with E-state index < -0.39 is 36.0 Å². The highest BCUT2D eigenvalue weighted by molar-refractivity contribution is 5.70. The minimum atomic E-state index is -1.44. The molecule has 9 nitrogen and oxygen atoms in total. The number of hydrogen-bond acceptors (Lipinski definition) is 8. The number of carbonyl (C=O) groups excluding carboxylic acids is 2. The summed E-state index contributed by atoms with van der Waals surface area (Å²) in [4.78, 5) is 33.9. The average Bonchev–Trinajstić information content (AvgIpc) is 2.92. The molecule has 0 unspecified atom stereocenters. The van der Waals surface area contributed by atoms with Crippen LogP contribution in [-0.4, -0.2) is 94.2 Å². The molecule has 0 aliphatic carbocycles. The Labute approximate surface area is 238 Å². The van der Waals surface area contributed by atoms with Crippen LogP contribution in [0, 0.1) is 5.92 Å². The number of likely N-dealkylation sites (N-methyl/N-ethyl adjacent to an activating group) is 1. The Balaban J connectivity index is 1.81. The maximum Gasteiger partial charge on any atom is 0.410 e. The zero-order valence-electron chi connectivity index (χ0n) is 24.4. The number of nitrogens with zero attached hydrogens (tertiary/aromatic N) is 3. The minimum absolute atomic E-state index is 0.106. The summed E-state index contributed by atoms with van der Waals surface area (Å²) in [7, 11) is 2.01. The van der Waals surface area contributed by atoms with Gasteiger partial charge < -0.3 is 29.5 Å². The number of allylic oxidation sites excluding steroid dienone is 3. The molecule has 0 aromatic carbocycles. The van der Waals surface area contributed by atoms with Gasteiger partial charge in [0.1, 0.15) is 11.7 Å². The van der Waals surface area contributed by atoms with Gasteiger partial charge in [-0.2, -0.15) is 0 Å². The summed E-state index contributed by atoms with van der Waals surface area (Å²) in [6.07, 6.45) is 8.23. The fourth-order valence-electron chi connectivity index (χ4n) is 4.84. The van der Waals surface area contributed by atoms with Crippen molar-refractivity contribution in [3.05, 3.63) is 66.0 Å². The van der Waals surface area contributed by atoms with Crippen LogP contribution in [0.5, 0.6) is 0 Å². The van der Waals surface area contributed by atoms with E-state index in [4.69, 9.17) is 9.47 Å². The molecule has 2 aliphatic rings. The van der Waals surface area contributed by atoms with Gasteiger partial charge in [-0.25, -0.2) is 4.79 Å². The van der Waals surface area contributed by atoms with Crippen LogP contribution in [-0.2, 0) is 14.3 Å². The molecule has 1 fully saturated rings. The van der Waals surface area contributed by atoms with Gasteiger partial charge in [-0.05, 0) is 57.5 Å². The average molecular weight is 556 g/mol. The number of aliphatic hydroxyl groups is 2. The molecule has 1 saturated heterocycles. The van der Waals surface area contributed by atoms with E-state index in [-0.39, 0.29) is 31.1 Å². The number of hydrogen-bond donors (Lipinski definition) is 2. The van der Waals surface area contributed by atoms with Gasteiger partial charge in [0.25, 0.3) is 0 Å². The van der Waals surface area contributed by atoms with Gasteiger partial charge in [0.05, 0.1) is 12.5 Å². The largest absolute Gasteiger partial charge is 0.457 e. The molecule has 220 valence electrons. The first-order chi connectivity index (χ1) is 19.0. The fourth-order valence-corrected chi connectivity index (χ4v) is 4.84. The van der Waals surface area contributed by atoms with Crippen LogP contribution in [0.3, 0.4) is 0 Å². The van der Waals surface area contributed by atoms with Crippen molar-refractivity contribution in [2.45, 2.75) is 76.8 Å². The molecule has 2 aliphatic heterocycles. The molecule has 9 heteroatoms. The van der Waals surface area contributed by atoms with Gasteiger partial charge in [-0.15, -0.1) is 0 Å². The number of aliphatic hydroxyl groups excluding tert-OH is 1. The number of aromatic nitrogens is 1. The lowest BCUT2D eigenvalue weighted by atomic mass is 9.88. The van der Waals surface area contributed by atoms with Gasteiger partial charge in [0, 0.05) is 49.9 Å². The second-order valence-corrected chi connectivity index (χ2v) is 11.3. The number of piperazine rings is 1. The van der Waals surface area contributed by atoms with Crippen molar-refractivity contribution in [3.63, 3.8) is 0 Å². The number of esters is 1. The lowest BCUT2D eigenvalue weighted by molar-refractivity contribution is -0.151. The van der Waals surface area contributed by atoms with Gasteiger partial charge >= 0.3 is 12.1 Å². The molecule has 3 rings (SSSR count). The molecular formula is C31H45N3O6. The summed E-state index contributed by atoms with van der Waals surface area (Å²) in [6, 6.07) is 5.80. The van der Waals surface area contributed by atoms with Crippen LogP contribution >= 0.6 is 0 Å². The highest BCUT2D eigenvalue weighted by Crippen LogP contribution is 2.27. The van der Waals surface area contributed by atoms with Crippen molar-refractivity contribution in [2.75, 3.05) is 33.2 Å². The first kappa shape index (κ1) is 31.5. The number of cyclic esters (lactones) is 1. The standard InChI is InChI=1S/C31H45N3O6/c1-22(26-11-6-7-16-32-26)9-8-10-23(2)29-24(3)12-13-27(39-30(37)34-19-17-33(5)18-20-34)31(4,38)15-14-25(35)21-28(36)40-29/h6-13,16,22,24-25,27,29,35,38H,14-15,17-21H2,1-5H3/b9-8+,13-12+,23-10+/t22-,24+,25-,27+,29-,31-/m1/s1. The highest BCUT2D eigenvalue weighted by atomic mass is 16.6. The number of ether oxygens (including phenoxy) is 2. The number of pyridine rings is 1. The Hall–Kier alpha value is -3.01. The number of carbonyl (C=O) groups is 2. The molecule has 0 bridgehead atoms. The van der Waals surface area contributed by atoms with Gasteiger partial charge in [-0.3, -0.25) is 9.78 Å². The predicted molar refractivity (Wildman–Crippen MR) is 154 cm³/mol. The summed E-state index contributed by atoms with van der Waals surface area (Å²) >= 11 is 0.